The van der Waals surface area contributed by atoms with Crippen LogP contribution in [0.3, 0.4) is 0 Å². The second-order valence-corrected chi connectivity index (χ2v) is 6.47. The zero-order valence-corrected chi connectivity index (χ0v) is 11.4. The zero-order chi connectivity index (χ0) is 13.2. The summed E-state index contributed by atoms with van der Waals surface area (Å²) in [7, 11) is -3.58. The lowest BCUT2D eigenvalue weighted by molar-refractivity contribution is 0.333. The van der Waals surface area contributed by atoms with Crippen LogP contribution in [0.25, 0.3) is 0 Å². The molecule has 0 heterocycles. The molecule has 0 bridgehead atoms. The summed E-state index contributed by atoms with van der Waals surface area (Å²) in [4.78, 5) is 0.0127. The molecule has 0 spiro atoms. The van der Waals surface area contributed by atoms with Gasteiger partial charge in [-0.2, -0.15) is 4.31 Å². The van der Waals surface area contributed by atoms with E-state index in [1.54, 1.807) is 12.1 Å². The zero-order valence-electron chi connectivity index (χ0n) is 10.5. The van der Waals surface area contributed by atoms with E-state index in [2.05, 4.69) is 0 Å². The Morgan fingerprint density at radius 2 is 1.89 bits per heavy atom. The topological polar surface area (TPSA) is 57.6 Å². The van der Waals surface area contributed by atoms with Gasteiger partial charge in [-0.05, 0) is 25.0 Å². The highest BCUT2D eigenvalue weighted by Crippen LogP contribution is 2.31. The molecule has 18 heavy (non-hydrogen) atoms. The van der Waals surface area contributed by atoms with Gasteiger partial charge in [-0.25, -0.2) is 8.42 Å². The van der Waals surface area contributed by atoms with E-state index >= 15 is 0 Å². The van der Waals surface area contributed by atoms with Crippen molar-refractivity contribution < 1.29 is 13.5 Å². The Balaban J connectivity index is 2.37. The van der Waals surface area contributed by atoms with Crippen molar-refractivity contribution in [2.24, 2.45) is 0 Å². The van der Waals surface area contributed by atoms with Crippen LogP contribution in [0.4, 0.5) is 0 Å². The van der Waals surface area contributed by atoms with Gasteiger partial charge >= 0.3 is 0 Å². The van der Waals surface area contributed by atoms with Crippen molar-refractivity contribution in [2.45, 2.75) is 43.5 Å². The Hall–Kier alpha value is -1.07. The predicted molar refractivity (Wildman–Crippen MR) is 69.9 cm³/mol. The molecule has 1 aromatic rings. The Morgan fingerprint density at radius 1 is 1.28 bits per heavy atom. The van der Waals surface area contributed by atoms with Gasteiger partial charge in [0.05, 0.1) is 0 Å². The summed E-state index contributed by atoms with van der Waals surface area (Å²) < 4.78 is 26.6. The number of nitrogens with zero attached hydrogens (tertiary/aromatic N) is 1. The van der Waals surface area contributed by atoms with E-state index in [1.165, 1.54) is 16.4 Å². The summed E-state index contributed by atoms with van der Waals surface area (Å²) in [6, 6.07) is 6.21. The van der Waals surface area contributed by atoms with Gasteiger partial charge in [0.25, 0.3) is 0 Å². The molecule has 0 aliphatic heterocycles. The molecule has 1 fully saturated rings. The lowest BCUT2D eigenvalue weighted by atomic mass is 10.2. The first-order valence-electron chi connectivity index (χ1n) is 6.37. The molecule has 1 N–H and O–H groups in total. The minimum absolute atomic E-state index is 0.0127. The standard InChI is InChI=1S/C13H19NO3S/c1-2-14(11-7-3-4-8-11)18(16,17)13-10-6-5-9-12(13)15/h5-6,9-11,15H,2-4,7-8H2,1H3. The molecule has 0 unspecified atom stereocenters. The Labute approximate surface area is 108 Å². The monoisotopic (exact) mass is 269 g/mol. The number of hydrogen-bond acceptors (Lipinski definition) is 3. The third-order valence-electron chi connectivity index (χ3n) is 3.50. The number of rotatable bonds is 4. The first-order valence-corrected chi connectivity index (χ1v) is 7.81. The van der Waals surface area contributed by atoms with Crippen LogP contribution in [0.15, 0.2) is 29.2 Å². The highest BCUT2D eigenvalue weighted by Gasteiger charge is 2.33. The van der Waals surface area contributed by atoms with Gasteiger partial charge < -0.3 is 5.11 Å². The van der Waals surface area contributed by atoms with Gasteiger partial charge in [-0.3, -0.25) is 0 Å². The smallest absolute Gasteiger partial charge is 0.246 e. The van der Waals surface area contributed by atoms with Crippen molar-refractivity contribution in [3.63, 3.8) is 0 Å². The van der Waals surface area contributed by atoms with Crippen LogP contribution < -0.4 is 0 Å². The van der Waals surface area contributed by atoms with E-state index in [1.807, 2.05) is 6.92 Å². The maximum atomic E-state index is 12.5. The summed E-state index contributed by atoms with van der Waals surface area (Å²) in [6.07, 6.45) is 4.00. The Morgan fingerprint density at radius 3 is 2.44 bits per heavy atom. The van der Waals surface area contributed by atoms with E-state index in [4.69, 9.17) is 0 Å². The van der Waals surface area contributed by atoms with Crippen LogP contribution >= 0.6 is 0 Å². The lowest BCUT2D eigenvalue weighted by Gasteiger charge is -2.26. The number of sulfonamides is 1. The van der Waals surface area contributed by atoms with E-state index in [0.717, 1.165) is 25.7 Å². The summed E-state index contributed by atoms with van der Waals surface area (Å²) in [5.41, 5.74) is 0. The van der Waals surface area contributed by atoms with E-state index in [0.29, 0.717) is 6.54 Å². The van der Waals surface area contributed by atoms with Crippen molar-refractivity contribution in [2.75, 3.05) is 6.54 Å². The molecule has 0 radical (unpaired) electrons. The van der Waals surface area contributed by atoms with Crippen LogP contribution in [-0.2, 0) is 10.0 Å². The molecule has 1 aromatic carbocycles. The molecule has 0 atom stereocenters. The highest BCUT2D eigenvalue weighted by molar-refractivity contribution is 7.89. The minimum atomic E-state index is -3.58. The Kier molecular flexibility index (Phi) is 3.92. The van der Waals surface area contributed by atoms with Gasteiger partial charge in [0.15, 0.2) is 0 Å². The number of hydrogen-bond donors (Lipinski definition) is 1. The number of para-hydroxylation sites is 1. The van der Waals surface area contributed by atoms with Gasteiger partial charge in [-0.15, -0.1) is 0 Å². The van der Waals surface area contributed by atoms with Gasteiger partial charge in [0.2, 0.25) is 10.0 Å². The lowest BCUT2D eigenvalue weighted by Crippen LogP contribution is -2.38. The quantitative estimate of drug-likeness (QED) is 0.912. The molecule has 1 aliphatic rings. The molecule has 0 amide bonds. The van der Waals surface area contributed by atoms with Crippen molar-refractivity contribution in [3.8, 4) is 5.75 Å². The molecule has 4 nitrogen and oxygen atoms in total. The van der Waals surface area contributed by atoms with Crippen molar-refractivity contribution in [3.05, 3.63) is 24.3 Å². The number of phenolic OH excluding ortho intramolecular Hbond substituents is 1. The van der Waals surface area contributed by atoms with Gasteiger partial charge in [0.1, 0.15) is 10.6 Å². The molecule has 0 saturated heterocycles. The van der Waals surface area contributed by atoms with Gasteiger partial charge in [-0.1, -0.05) is 31.9 Å². The molecule has 2 rings (SSSR count). The first-order chi connectivity index (χ1) is 8.57. The van der Waals surface area contributed by atoms with E-state index in [-0.39, 0.29) is 16.7 Å². The predicted octanol–water partition coefficient (Wildman–Crippen LogP) is 2.35. The molecule has 1 aliphatic carbocycles. The second kappa shape index (κ2) is 5.28. The molecule has 100 valence electrons. The fourth-order valence-corrected chi connectivity index (χ4v) is 4.40. The maximum absolute atomic E-state index is 12.5. The summed E-state index contributed by atoms with van der Waals surface area (Å²) in [5.74, 6) is -0.172. The second-order valence-electron chi connectivity index (χ2n) is 4.61. The SMILES string of the molecule is CCN(C1CCCC1)S(=O)(=O)c1ccccc1O. The fourth-order valence-electron chi connectivity index (χ4n) is 2.62. The summed E-state index contributed by atoms with van der Waals surface area (Å²) in [6.45, 7) is 2.29. The van der Waals surface area contributed by atoms with Crippen molar-refractivity contribution in [1.29, 1.82) is 0 Å². The fraction of sp³-hybridized carbons (Fsp3) is 0.538. The van der Waals surface area contributed by atoms with E-state index < -0.39 is 10.0 Å². The summed E-state index contributed by atoms with van der Waals surface area (Å²) in [5, 5.41) is 9.73. The molecular weight excluding hydrogens is 250 g/mol. The number of benzene rings is 1. The third kappa shape index (κ3) is 2.37. The van der Waals surface area contributed by atoms with Crippen molar-refractivity contribution >= 4 is 10.0 Å². The maximum Gasteiger partial charge on any atom is 0.246 e. The minimum Gasteiger partial charge on any atom is -0.507 e. The highest BCUT2D eigenvalue weighted by atomic mass is 32.2. The first kappa shape index (κ1) is 13.4. The van der Waals surface area contributed by atoms with Crippen LogP contribution in [0, 0.1) is 0 Å². The van der Waals surface area contributed by atoms with E-state index in [9.17, 15) is 13.5 Å². The number of phenols is 1. The molecule has 5 heteroatoms. The Bertz CT molecular complexity index is 507. The average molecular weight is 269 g/mol. The number of aromatic hydroxyl groups is 1. The van der Waals surface area contributed by atoms with Crippen molar-refractivity contribution in [1.82, 2.24) is 4.31 Å². The van der Waals surface area contributed by atoms with Crippen LogP contribution in [0.2, 0.25) is 0 Å². The van der Waals surface area contributed by atoms with Gasteiger partial charge in [0, 0.05) is 12.6 Å². The summed E-state index contributed by atoms with van der Waals surface area (Å²) >= 11 is 0. The molecular formula is C13H19NO3S. The average Bonchev–Trinajstić information content (AvgIpc) is 2.83. The molecule has 1 saturated carbocycles. The third-order valence-corrected chi connectivity index (χ3v) is 5.57. The van der Waals surface area contributed by atoms with Crippen LogP contribution in [0.5, 0.6) is 5.75 Å². The van der Waals surface area contributed by atoms with Crippen LogP contribution in [0.1, 0.15) is 32.6 Å². The molecule has 0 aromatic heterocycles. The largest absolute Gasteiger partial charge is 0.507 e. The van der Waals surface area contributed by atoms with Crippen LogP contribution in [-0.4, -0.2) is 30.4 Å². The normalized spacial score (nSPS) is 17.4.